The summed E-state index contributed by atoms with van der Waals surface area (Å²) in [5, 5.41) is 0. The van der Waals surface area contributed by atoms with Gasteiger partial charge in [0.2, 0.25) is 0 Å². The van der Waals surface area contributed by atoms with Gasteiger partial charge in [-0.05, 0) is 0 Å². The Balaban J connectivity index is -0.0000000594. The molecule has 5 nitrogen and oxygen atoms in total. The van der Waals surface area contributed by atoms with Crippen LogP contribution in [-0.4, -0.2) is 13.1 Å². The van der Waals surface area contributed by atoms with Crippen molar-refractivity contribution >= 4 is 5.97 Å². The summed E-state index contributed by atoms with van der Waals surface area (Å²) in [6.45, 7) is 17.6. The molecule has 0 saturated carbocycles. The molecule has 0 fully saturated rings. The number of hydrogen-bond donors (Lipinski definition) is 0. The zero-order valence-electron chi connectivity index (χ0n) is 9.96. The molecule has 0 radical (unpaired) electrons. The number of hydrogen-bond acceptors (Lipinski definition) is 2. The molecule has 0 amide bonds. The van der Waals surface area contributed by atoms with Crippen molar-refractivity contribution in [3.05, 3.63) is 26.4 Å². The van der Waals surface area contributed by atoms with Crippen LogP contribution >= 0.6 is 0 Å². The molecule has 0 unspecified atom stereocenters. The average Bonchev–Trinajstić information content (AvgIpc) is 2.36. The molecule has 1 atom stereocenters. The molecule has 0 aliphatic heterocycles. The molecule has 0 N–H and O–H groups in total. The van der Waals surface area contributed by atoms with Crippen molar-refractivity contribution in [2.75, 3.05) is 7.11 Å². The molecule has 0 heterocycles. The second-order valence-corrected chi connectivity index (χ2v) is 2.46. The summed E-state index contributed by atoms with van der Waals surface area (Å²) in [6, 6.07) is 0. The molecular formula is C11H15FeO5-. The maximum Gasteiger partial charge on any atom is 0 e. The normalized spacial score (nSPS) is 7.59. The van der Waals surface area contributed by atoms with Crippen molar-refractivity contribution in [1.82, 2.24) is 0 Å². The zero-order chi connectivity index (χ0) is 14.0. The summed E-state index contributed by atoms with van der Waals surface area (Å²) >= 11 is 0. The van der Waals surface area contributed by atoms with Crippen LogP contribution < -0.4 is 0 Å². The molecule has 0 aromatic heterocycles. The maximum atomic E-state index is 10.6. The number of carbonyl (C=O) groups is 1. The monoisotopic (exact) mass is 283 g/mol. The minimum atomic E-state index is -0.221. The van der Waals surface area contributed by atoms with E-state index in [2.05, 4.69) is 31.6 Å². The SMILES string of the molecule is CCC[C@@H](C)[CH-]C(=O)OC.[C-]#[O+].[C-]#[O+].[C-]#[O+].[Fe]. The van der Waals surface area contributed by atoms with Gasteiger partial charge >= 0.3 is 33.9 Å². The largest absolute Gasteiger partial charge is 0 e. The molecule has 0 rings (SSSR count). The van der Waals surface area contributed by atoms with Gasteiger partial charge in [0.05, 0.1) is 7.11 Å². The van der Waals surface area contributed by atoms with Crippen LogP contribution in [0.25, 0.3) is 0 Å². The first-order valence-corrected chi connectivity index (χ1v) is 4.24. The van der Waals surface area contributed by atoms with Crippen LogP contribution in [0.2, 0.25) is 0 Å². The zero-order valence-corrected chi connectivity index (χ0v) is 11.1. The van der Waals surface area contributed by atoms with E-state index in [4.69, 9.17) is 14.0 Å². The van der Waals surface area contributed by atoms with E-state index in [0.717, 1.165) is 12.8 Å². The Hall–Kier alpha value is -0.921. The summed E-state index contributed by atoms with van der Waals surface area (Å²) in [6.07, 6.45) is 3.77. The molecule has 0 bridgehead atoms. The predicted octanol–water partition coefficient (Wildman–Crippen LogP) is 1.68. The van der Waals surface area contributed by atoms with Gasteiger partial charge in [0, 0.05) is 17.1 Å². The van der Waals surface area contributed by atoms with Gasteiger partial charge in [0.15, 0.2) is 5.97 Å². The van der Waals surface area contributed by atoms with Gasteiger partial charge in [0.1, 0.15) is 0 Å². The molecule has 0 aliphatic carbocycles. The molecule has 98 valence electrons. The van der Waals surface area contributed by atoms with Gasteiger partial charge in [-0.25, -0.2) is 0 Å². The van der Waals surface area contributed by atoms with Gasteiger partial charge in [-0.15, -0.1) is 5.92 Å². The fourth-order valence-electron chi connectivity index (χ4n) is 0.839. The van der Waals surface area contributed by atoms with E-state index < -0.39 is 0 Å². The third kappa shape index (κ3) is 39.5. The molecule has 0 aliphatic rings. The van der Waals surface area contributed by atoms with Gasteiger partial charge in [0.25, 0.3) is 0 Å². The van der Waals surface area contributed by atoms with E-state index in [9.17, 15) is 4.79 Å². The Kier molecular flexibility index (Phi) is 63.5. The van der Waals surface area contributed by atoms with Gasteiger partial charge in [-0.3, -0.25) is 11.2 Å². The van der Waals surface area contributed by atoms with Crippen molar-refractivity contribution in [2.24, 2.45) is 5.92 Å². The Morgan fingerprint density at radius 1 is 1.24 bits per heavy atom. The van der Waals surface area contributed by atoms with Gasteiger partial charge in [-0.1, -0.05) is 26.7 Å². The summed E-state index contributed by atoms with van der Waals surface area (Å²) in [5.41, 5.74) is 0. The third-order valence-corrected chi connectivity index (χ3v) is 1.37. The van der Waals surface area contributed by atoms with Crippen LogP contribution in [0.4, 0.5) is 0 Å². The first-order chi connectivity index (χ1) is 7.70. The van der Waals surface area contributed by atoms with Gasteiger partial charge in [-0.2, -0.15) is 0 Å². The first kappa shape index (κ1) is 29.8. The Morgan fingerprint density at radius 2 is 1.59 bits per heavy atom. The standard InChI is InChI=1S/C8H15O2.3CO.Fe/c1-4-5-7(2)6-8(9)10-3;3*1-2;/h6-7H,4-5H2,1-3H3;;;;/q-1;;;;/t7-;;;;/m1..../s1. The average molecular weight is 283 g/mol. The fourth-order valence-corrected chi connectivity index (χ4v) is 0.839. The smallest absolute Gasteiger partial charge is 0 e. The second kappa shape index (κ2) is 36.3. The van der Waals surface area contributed by atoms with E-state index in [-0.39, 0.29) is 23.0 Å². The van der Waals surface area contributed by atoms with Crippen molar-refractivity contribution < 1.29 is 40.6 Å². The van der Waals surface area contributed by atoms with Gasteiger partial charge < -0.3 is 4.74 Å². The molecule has 6 heteroatoms. The van der Waals surface area contributed by atoms with E-state index in [1.807, 2.05) is 6.92 Å². The fraction of sp³-hybridized carbons (Fsp3) is 0.545. The minimum Gasteiger partial charge on any atom is 0 e. The predicted molar refractivity (Wildman–Crippen MR) is 52.2 cm³/mol. The van der Waals surface area contributed by atoms with Crippen LogP contribution in [0, 0.1) is 32.3 Å². The van der Waals surface area contributed by atoms with Crippen molar-refractivity contribution in [2.45, 2.75) is 26.7 Å². The van der Waals surface area contributed by atoms with Crippen LogP contribution in [0.5, 0.6) is 0 Å². The molecular weight excluding hydrogens is 268 g/mol. The molecule has 0 aromatic carbocycles. The van der Waals surface area contributed by atoms with Crippen LogP contribution in [0.15, 0.2) is 0 Å². The van der Waals surface area contributed by atoms with E-state index in [0.29, 0.717) is 5.92 Å². The van der Waals surface area contributed by atoms with Crippen molar-refractivity contribution in [1.29, 1.82) is 0 Å². The second-order valence-electron chi connectivity index (χ2n) is 2.46. The number of carbonyl (C=O) groups excluding carboxylic acids is 1. The quantitative estimate of drug-likeness (QED) is 0.340. The third-order valence-electron chi connectivity index (χ3n) is 1.37. The Labute approximate surface area is 113 Å². The first-order valence-electron chi connectivity index (χ1n) is 4.24. The number of ether oxygens (including phenoxy) is 1. The Bertz CT molecular complexity index is 184. The van der Waals surface area contributed by atoms with E-state index >= 15 is 0 Å². The number of rotatable bonds is 4. The molecule has 0 saturated heterocycles. The summed E-state index contributed by atoms with van der Waals surface area (Å²) in [7, 11) is 1.40. The summed E-state index contributed by atoms with van der Waals surface area (Å²) in [5.74, 6) is 0.124. The van der Waals surface area contributed by atoms with Crippen molar-refractivity contribution in [3.8, 4) is 0 Å². The number of methoxy groups -OCH3 is 1. The molecule has 0 spiro atoms. The van der Waals surface area contributed by atoms with Crippen LogP contribution in [0.3, 0.4) is 0 Å². The summed E-state index contributed by atoms with van der Waals surface area (Å²) in [4.78, 5) is 10.6. The number of esters is 1. The van der Waals surface area contributed by atoms with E-state index in [1.54, 1.807) is 6.42 Å². The minimum absolute atomic E-state index is 0. The topological polar surface area (TPSA) is 86.0 Å². The van der Waals surface area contributed by atoms with Crippen LogP contribution in [-0.2, 0) is 40.6 Å². The Morgan fingerprint density at radius 3 is 1.82 bits per heavy atom. The van der Waals surface area contributed by atoms with E-state index in [1.165, 1.54) is 7.11 Å². The molecule has 17 heavy (non-hydrogen) atoms. The molecule has 0 aromatic rings. The van der Waals surface area contributed by atoms with Crippen molar-refractivity contribution in [3.63, 3.8) is 0 Å². The summed E-state index contributed by atoms with van der Waals surface area (Å²) < 4.78 is 27.0. The maximum absolute atomic E-state index is 10.6. The van der Waals surface area contributed by atoms with Crippen LogP contribution in [0.1, 0.15) is 26.7 Å².